The number of ether oxygens (including phenoxy) is 2. The van der Waals surface area contributed by atoms with Gasteiger partial charge in [-0.2, -0.15) is 0 Å². The molecule has 0 aliphatic carbocycles. The minimum atomic E-state index is 0.0244. The number of nitrogens with one attached hydrogen (secondary N) is 1. The molecule has 0 spiro atoms. The van der Waals surface area contributed by atoms with Crippen LogP contribution in [-0.4, -0.2) is 49.7 Å². The molecule has 1 atom stereocenters. The Kier molecular flexibility index (Phi) is 3.29. The number of rotatable bonds is 1. The highest BCUT2D eigenvalue weighted by Gasteiger charge is 2.28. The molecule has 3 rings (SSSR count). The van der Waals surface area contributed by atoms with E-state index in [-0.39, 0.29) is 11.9 Å². The normalized spacial score (nSPS) is 22.2. The van der Waals surface area contributed by atoms with Gasteiger partial charge in [0.2, 0.25) is 0 Å². The van der Waals surface area contributed by atoms with Gasteiger partial charge in [-0.3, -0.25) is 4.79 Å². The zero-order valence-corrected chi connectivity index (χ0v) is 11.0. The van der Waals surface area contributed by atoms with Crippen molar-refractivity contribution in [1.29, 1.82) is 0 Å². The van der Waals surface area contributed by atoms with Crippen molar-refractivity contribution in [3.63, 3.8) is 0 Å². The van der Waals surface area contributed by atoms with Crippen molar-refractivity contribution in [2.75, 3.05) is 32.8 Å². The van der Waals surface area contributed by atoms with Gasteiger partial charge in [-0.05, 0) is 19.1 Å². The third-order valence-corrected chi connectivity index (χ3v) is 3.56. The van der Waals surface area contributed by atoms with Gasteiger partial charge >= 0.3 is 0 Å². The van der Waals surface area contributed by atoms with Crippen LogP contribution in [0.15, 0.2) is 18.2 Å². The molecule has 0 aromatic heterocycles. The van der Waals surface area contributed by atoms with Gasteiger partial charge in [0, 0.05) is 25.7 Å². The molecule has 5 nitrogen and oxygen atoms in total. The first-order valence-electron chi connectivity index (χ1n) is 6.67. The van der Waals surface area contributed by atoms with Gasteiger partial charge in [-0.1, -0.05) is 6.07 Å². The molecule has 0 unspecified atom stereocenters. The summed E-state index contributed by atoms with van der Waals surface area (Å²) in [5, 5.41) is 3.28. The number of nitrogens with zero attached hydrogens (tertiary/aromatic N) is 1. The molecule has 1 fully saturated rings. The van der Waals surface area contributed by atoms with E-state index in [1.54, 1.807) is 0 Å². The Morgan fingerprint density at radius 2 is 2.21 bits per heavy atom. The number of carbonyl (C=O) groups excluding carboxylic acids is 1. The quantitative estimate of drug-likeness (QED) is 0.816. The monoisotopic (exact) mass is 262 g/mol. The molecular weight excluding hydrogens is 244 g/mol. The summed E-state index contributed by atoms with van der Waals surface area (Å²) in [5.74, 6) is 1.28. The molecular formula is C14H18N2O3. The molecule has 0 radical (unpaired) electrons. The van der Waals surface area contributed by atoms with E-state index in [4.69, 9.17) is 9.47 Å². The lowest BCUT2D eigenvalue weighted by Crippen LogP contribution is -2.52. The van der Waals surface area contributed by atoms with Gasteiger partial charge in [0.15, 0.2) is 11.5 Å². The standard InChI is InChI=1S/C14H18N2O3/c1-10-9-15-5-6-16(10)14(17)11-3-2-4-12-13(11)19-8-7-18-12/h2-4,10,15H,5-9H2,1H3/t10-/m0/s1. The largest absolute Gasteiger partial charge is 0.486 e. The number of para-hydroxylation sites is 1. The summed E-state index contributed by atoms with van der Waals surface area (Å²) in [6.45, 7) is 5.48. The van der Waals surface area contributed by atoms with Gasteiger partial charge in [0.1, 0.15) is 13.2 Å². The Morgan fingerprint density at radius 3 is 3.05 bits per heavy atom. The topological polar surface area (TPSA) is 50.8 Å². The van der Waals surface area contributed by atoms with Crippen LogP contribution in [0.2, 0.25) is 0 Å². The van der Waals surface area contributed by atoms with Crippen molar-refractivity contribution in [3.05, 3.63) is 23.8 Å². The maximum Gasteiger partial charge on any atom is 0.258 e. The van der Waals surface area contributed by atoms with Crippen LogP contribution in [-0.2, 0) is 0 Å². The maximum absolute atomic E-state index is 12.6. The average molecular weight is 262 g/mol. The molecule has 0 bridgehead atoms. The molecule has 5 heteroatoms. The van der Waals surface area contributed by atoms with Crippen LogP contribution in [0, 0.1) is 0 Å². The molecule has 1 N–H and O–H groups in total. The first kappa shape index (κ1) is 12.3. The summed E-state index contributed by atoms with van der Waals surface area (Å²) >= 11 is 0. The second-order valence-electron chi connectivity index (χ2n) is 4.88. The number of carbonyl (C=O) groups is 1. The fourth-order valence-electron chi connectivity index (χ4n) is 2.54. The SMILES string of the molecule is C[C@H]1CNCCN1C(=O)c1cccc2c1OCCO2. The van der Waals surface area contributed by atoms with Crippen molar-refractivity contribution < 1.29 is 14.3 Å². The zero-order chi connectivity index (χ0) is 13.2. The lowest BCUT2D eigenvalue weighted by Gasteiger charge is -2.34. The first-order chi connectivity index (χ1) is 9.27. The molecule has 102 valence electrons. The van der Waals surface area contributed by atoms with Crippen molar-refractivity contribution >= 4 is 5.91 Å². The second-order valence-corrected chi connectivity index (χ2v) is 4.88. The van der Waals surface area contributed by atoms with E-state index >= 15 is 0 Å². The molecule has 1 saturated heterocycles. The number of hydrogen-bond acceptors (Lipinski definition) is 4. The fraction of sp³-hybridized carbons (Fsp3) is 0.500. The molecule has 1 amide bonds. The lowest BCUT2D eigenvalue weighted by atomic mass is 10.1. The number of piperazine rings is 1. The molecule has 1 aromatic rings. The Bertz CT molecular complexity index is 490. The van der Waals surface area contributed by atoms with Gasteiger partial charge in [-0.15, -0.1) is 0 Å². The Morgan fingerprint density at radius 1 is 1.37 bits per heavy atom. The van der Waals surface area contributed by atoms with Crippen LogP contribution in [0.4, 0.5) is 0 Å². The average Bonchev–Trinajstić information content (AvgIpc) is 2.46. The highest BCUT2D eigenvalue weighted by atomic mass is 16.6. The first-order valence-corrected chi connectivity index (χ1v) is 6.67. The van der Waals surface area contributed by atoms with E-state index in [2.05, 4.69) is 12.2 Å². The van der Waals surface area contributed by atoms with Crippen molar-refractivity contribution in [2.45, 2.75) is 13.0 Å². The summed E-state index contributed by atoms with van der Waals surface area (Å²) < 4.78 is 11.1. The van der Waals surface area contributed by atoms with Crippen LogP contribution < -0.4 is 14.8 Å². The third-order valence-electron chi connectivity index (χ3n) is 3.56. The van der Waals surface area contributed by atoms with Crippen LogP contribution >= 0.6 is 0 Å². The lowest BCUT2D eigenvalue weighted by molar-refractivity contribution is 0.0646. The molecule has 0 saturated carbocycles. The molecule has 19 heavy (non-hydrogen) atoms. The Hall–Kier alpha value is -1.75. The van der Waals surface area contributed by atoms with E-state index in [1.807, 2.05) is 23.1 Å². The van der Waals surface area contributed by atoms with Crippen molar-refractivity contribution in [1.82, 2.24) is 10.2 Å². The van der Waals surface area contributed by atoms with Gasteiger partial charge in [-0.25, -0.2) is 0 Å². The van der Waals surface area contributed by atoms with Gasteiger partial charge in [0.25, 0.3) is 5.91 Å². The van der Waals surface area contributed by atoms with Gasteiger partial charge in [0.05, 0.1) is 5.56 Å². The van der Waals surface area contributed by atoms with Crippen LogP contribution in [0.5, 0.6) is 11.5 Å². The highest BCUT2D eigenvalue weighted by Crippen LogP contribution is 2.34. The summed E-state index contributed by atoms with van der Waals surface area (Å²) in [6, 6.07) is 5.69. The zero-order valence-electron chi connectivity index (χ0n) is 11.0. The molecule has 2 aliphatic heterocycles. The number of benzene rings is 1. The molecule has 2 heterocycles. The number of hydrogen-bond donors (Lipinski definition) is 1. The van der Waals surface area contributed by atoms with E-state index in [0.29, 0.717) is 30.3 Å². The van der Waals surface area contributed by atoms with Crippen molar-refractivity contribution in [2.24, 2.45) is 0 Å². The third kappa shape index (κ3) is 2.26. The maximum atomic E-state index is 12.6. The summed E-state index contributed by atoms with van der Waals surface area (Å²) in [7, 11) is 0. The number of fused-ring (bicyclic) bond motifs is 1. The summed E-state index contributed by atoms with van der Waals surface area (Å²) in [6.07, 6.45) is 0. The predicted molar refractivity (Wildman–Crippen MR) is 70.8 cm³/mol. The van der Waals surface area contributed by atoms with Crippen LogP contribution in [0.25, 0.3) is 0 Å². The highest BCUT2D eigenvalue weighted by molar-refractivity contribution is 5.98. The van der Waals surface area contributed by atoms with E-state index in [9.17, 15) is 4.79 Å². The van der Waals surface area contributed by atoms with E-state index in [1.165, 1.54) is 0 Å². The summed E-state index contributed by atoms with van der Waals surface area (Å²) in [5.41, 5.74) is 0.603. The minimum Gasteiger partial charge on any atom is -0.486 e. The van der Waals surface area contributed by atoms with Crippen molar-refractivity contribution in [3.8, 4) is 11.5 Å². The van der Waals surface area contributed by atoms with E-state index in [0.717, 1.165) is 19.6 Å². The Labute approximate surface area is 112 Å². The predicted octanol–water partition coefficient (Wildman–Crippen LogP) is 0.892. The number of amides is 1. The minimum absolute atomic E-state index is 0.0244. The summed E-state index contributed by atoms with van der Waals surface area (Å²) in [4.78, 5) is 14.5. The van der Waals surface area contributed by atoms with E-state index < -0.39 is 0 Å². The van der Waals surface area contributed by atoms with Gasteiger partial charge < -0.3 is 19.7 Å². The van der Waals surface area contributed by atoms with Crippen LogP contribution in [0.3, 0.4) is 0 Å². The second kappa shape index (κ2) is 5.09. The van der Waals surface area contributed by atoms with Crippen LogP contribution in [0.1, 0.15) is 17.3 Å². The fourth-order valence-corrected chi connectivity index (χ4v) is 2.54. The molecule has 2 aliphatic rings. The Balaban J connectivity index is 1.91. The smallest absolute Gasteiger partial charge is 0.258 e. The molecule has 1 aromatic carbocycles.